The number of hydrogen-bond acceptors (Lipinski definition) is 5. The Morgan fingerprint density at radius 1 is 0.966 bits per heavy atom. The number of rotatable bonds is 4. The minimum absolute atomic E-state index is 0.328. The molecule has 0 spiro atoms. The van der Waals surface area contributed by atoms with E-state index in [1.54, 1.807) is 17.3 Å². The molecule has 0 radical (unpaired) electrons. The second-order valence-corrected chi connectivity index (χ2v) is 7.25. The maximum Gasteiger partial charge on any atom is 0.415 e. The predicted octanol–water partition coefficient (Wildman–Crippen LogP) is 4.04. The van der Waals surface area contributed by atoms with E-state index in [-0.39, 0.29) is 6.09 Å². The molecule has 1 amide bonds. The highest BCUT2D eigenvalue weighted by molar-refractivity contribution is 6.30. The molecule has 1 saturated heterocycles. The van der Waals surface area contributed by atoms with Crippen LogP contribution in [0.1, 0.15) is 11.3 Å². The van der Waals surface area contributed by atoms with Crippen molar-refractivity contribution in [2.75, 3.05) is 31.1 Å². The van der Waals surface area contributed by atoms with Crippen LogP contribution < -0.4 is 9.64 Å². The molecule has 3 aromatic rings. The third-order valence-corrected chi connectivity index (χ3v) is 5.04. The number of carbonyl (C=O) groups excluding carboxylic acids is 1. The lowest BCUT2D eigenvalue weighted by atomic mass is 10.1. The summed E-state index contributed by atoms with van der Waals surface area (Å²) in [6, 6.07) is 17.1. The number of pyridine rings is 2. The molecule has 0 N–H and O–H groups in total. The van der Waals surface area contributed by atoms with Gasteiger partial charge in [-0.15, -0.1) is 0 Å². The molecule has 0 aliphatic carbocycles. The maximum atomic E-state index is 12.5. The van der Waals surface area contributed by atoms with Gasteiger partial charge < -0.3 is 14.5 Å². The van der Waals surface area contributed by atoms with Crippen LogP contribution in [-0.4, -0.2) is 47.1 Å². The zero-order valence-electron chi connectivity index (χ0n) is 15.9. The van der Waals surface area contributed by atoms with Gasteiger partial charge in [-0.05, 0) is 42.0 Å². The largest absolute Gasteiger partial charge is 0.415 e. The third kappa shape index (κ3) is 5.03. The van der Waals surface area contributed by atoms with Crippen molar-refractivity contribution in [2.45, 2.75) is 6.42 Å². The average molecular weight is 409 g/mol. The van der Waals surface area contributed by atoms with Crippen molar-refractivity contribution in [1.82, 2.24) is 14.9 Å². The first kappa shape index (κ1) is 19.2. The molecule has 3 heterocycles. The Morgan fingerprint density at radius 2 is 1.76 bits per heavy atom. The van der Waals surface area contributed by atoms with E-state index >= 15 is 0 Å². The van der Waals surface area contributed by atoms with Gasteiger partial charge in [-0.25, -0.2) is 9.78 Å². The number of amides is 1. The average Bonchev–Trinajstić information content (AvgIpc) is 2.76. The fourth-order valence-electron chi connectivity index (χ4n) is 3.23. The lowest BCUT2D eigenvalue weighted by molar-refractivity contribution is 0.149. The molecule has 1 fully saturated rings. The number of carbonyl (C=O) groups is 1. The summed E-state index contributed by atoms with van der Waals surface area (Å²) in [5, 5.41) is 0.613. The summed E-state index contributed by atoms with van der Waals surface area (Å²) in [5.74, 6) is 1.41. The number of aromatic nitrogens is 2. The Balaban J connectivity index is 1.29. The quantitative estimate of drug-likeness (QED) is 0.652. The number of anilines is 1. The summed E-state index contributed by atoms with van der Waals surface area (Å²) >= 11 is 5.89. The molecule has 0 bridgehead atoms. The number of nitrogens with zero attached hydrogens (tertiary/aromatic N) is 4. The van der Waals surface area contributed by atoms with E-state index in [1.165, 1.54) is 0 Å². The number of halogens is 1. The van der Waals surface area contributed by atoms with Crippen molar-refractivity contribution < 1.29 is 9.53 Å². The molecule has 29 heavy (non-hydrogen) atoms. The van der Waals surface area contributed by atoms with Crippen LogP contribution in [0.5, 0.6) is 5.75 Å². The number of benzene rings is 1. The standard InChI is InChI=1S/C22H21ClN4O2/c23-18-6-9-21(25-16-18)26-11-13-27(14-12-26)22(28)29-20-7-4-17(5-8-20)15-19-3-1-2-10-24-19/h1-10,16H,11-15H2. The minimum atomic E-state index is -0.328. The van der Waals surface area contributed by atoms with E-state index in [1.807, 2.05) is 54.6 Å². The van der Waals surface area contributed by atoms with E-state index < -0.39 is 0 Å². The highest BCUT2D eigenvalue weighted by Crippen LogP contribution is 2.18. The summed E-state index contributed by atoms with van der Waals surface area (Å²) in [6.45, 7) is 2.57. The third-order valence-electron chi connectivity index (χ3n) is 4.81. The van der Waals surface area contributed by atoms with Gasteiger partial charge >= 0.3 is 6.09 Å². The van der Waals surface area contributed by atoms with Crippen LogP contribution in [0.3, 0.4) is 0 Å². The first-order valence-corrected chi connectivity index (χ1v) is 9.87. The second kappa shape index (κ2) is 8.92. The molecule has 1 aliphatic heterocycles. The van der Waals surface area contributed by atoms with Gasteiger partial charge in [0.25, 0.3) is 0 Å². The number of ether oxygens (including phenoxy) is 1. The molecule has 0 unspecified atom stereocenters. The summed E-state index contributed by atoms with van der Waals surface area (Å²) in [6.07, 6.45) is 3.84. The molecule has 1 aromatic carbocycles. The van der Waals surface area contributed by atoms with E-state index in [0.717, 1.165) is 23.5 Å². The zero-order chi connectivity index (χ0) is 20.1. The van der Waals surface area contributed by atoms with E-state index in [9.17, 15) is 4.79 Å². The van der Waals surface area contributed by atoms with Crippen LogP contribution in [0.2, 0.25) is 5.02 Å². The van der Waals surface area contributed by atoms with Crippen LogP contribution in [0.15, 0.2) is 67.0 Å². The smallest absolute Gasteiger partial charge is 0.410 e. The Labute approximate surface area is 174 Å². The van der Waals surface area contributed by atoms with Crippen molar-refractivity contribution in [3.05, 3.63) is 83.3 Å². The molecule has 148 valence electrons. The topological polar surface area (TPSA) is 58.6 Å². The lowest BCUT2D eigenvalue weighted by Crippen LogP contribution is -2.49. The number of hydrogen-bond donors (Lipinski definition) is 0. The van der Waals surface area contributed by atoms with Gasteiger partial charge in [-0.2, -0.15) is 0 Å². The normalized spacial score (nSPS) is 14.0. The van der Waals surface area contributed by atoms with Crippen molar-refractivity contribution in [3.63, 3.8) is 0 Å². The monoisotopic (exact) mass is 408 g/mol. The fourth-order valence-corrected chi connectivity index (χ4v) is 3.34. The van der Waals surface area contributed by atoms with Crippen molar-refractivity contribution in [3.8, 4) is 5.75 Å². The fraction of sp³-hybridized carbons (Fsp3) is 0.227. The first-order chi connectivity index (χ1) is 14.2. The molecule has 7 heteroatoms. The SMILES string of the molecule is O=C(Oc1ccc(Cc2ccccn2)cc1)N1CCN(c2ccc(Cl)cn2)CC1. The van der Waals surface area contributed by atoms with Gasteiger partial charge in [0.1, 0.15) is 11.6 Å². The van der Waals surface area contributed by atoms with Crippen LogP contribution >= 0.6 is 11.6 Å². The van der Waals surface area contributed by atoms with Gasteiger partial charge in [0.2, 0.25) is 0 Å². The van der Waals surface area contributed by atoms with E-state index in [4.69, 9.17) is 16.3 Å². The summed E-state index contributed by atoms with van der Waals surface area (Å²) in [7, 11) is 0. The lowest BCUT2D eigenvalue weighted by Gasteiger charge is -2.34. The van der Waals surface area contributed by atoms with E-state index in [2.05, 4.69) is 14.9 Å². The Hall–Kier alpha value is -3.12. The molecular weight excluding hydrogens is 388 g/mol. The molecular formula is C22H21ClN4O2. The molecule has 0 saturated carbocycles. The van der Waals surface area contributed by atoms with Crippen molar-refractivity contribution >= 4 is 23.5 Å². The summed E-state index contributed by atoms with van der Waals surface area (Å²) < 4.78 is 5.54. The van der Waals surface area contributed by atoms with Crippen LogP contribution in [0, 0.1) is 0 Å². The van der Waals surface area contributed by atoms with Crippen molar-refractivity contribution in [1.29, 1.82) is 0 Å². The highest BCUT2D eigenvalue weighted by Gasteiger charge is 2.23. The van der Waals surface area contributed by atoms with Crippen LogP contribution in [0.4, 0.5) is 10.6 Å². The molecule has 2 aromatic heterocycles. The van der Waals surface area contributed by atoms with E-state index in [0.29, 0.717) is 37.0 Å². The van der Waals surface area contributed by atoms with Gasteiger partial charge in [0.15, 0.2) is 0 Å². The van der Waals surface area contributed by atoms with Gasteiger partial charge in [-0.3, -0.25) is 4.98 Å². The van der Waals surface area contributed by atoms with Gasteiger partial charge in [-0.1, -0.05) is 29.8 Å². The Bertz CT molecular complexity index is 941. The Morgan fingerprint density at radius 3 is 2.41 bits per heavy atom. The predicted molar refractivity (Wildman–Crippen MR) is 113 cm³/mol. The zero-order valence-corrected chi connectivity index (χ0v) is 16.6. The van der Waals surface area contributed by atoms with Gasteiger partial charge in [0.05, 0.1) is 5.02 Å². The molecule has 1 aliphatic rings. The van der Waals surface area contributed by atoms with Crippen LogP contribution in [-0.2, 0) is 6.42 Å². The Kier molecular flexibility index (Phi) is 5.91. The second-order valence-electron chi connectivity index (χ2n) is 6.82. The van der Waals surface area contributed by atoms with Gasteiger partial charge in [0, 0.05) is 50.7 Å². The highest BCUT2D eigenvalue weighted by atomic mass is 35.5. The summed E-state index contributed by atoms with van der Waals surface area (Å²) in [5.41, 5.74) is 2.12. The number of piperazine rings is 1. The molecule has 4 rings (SSSR count). The minimum Gasteiger partial charge on any atom is -0.410 e. The maximum absolute atomic E-state index is 12.5. The van der Waals surface area contributed by atoms with Crippen molar-refractivity contribution in [2.24, 2.45) is 0 Å². The first-order valence-electron chi connectivity index (χ1n) is 9.49. The molecule has 6 nitrogen and oxygen atoms in total. The summed E-state index contributed by atoms with van der Waals surface area (Å²) in [4.78, 5) is 25.0. The van der Waals surface area contributed by atoms with Crippen LogP contribution in [0.25, 0.3) is 0 Å². The molecule has 0 atom stereocenters.